The third-order valence-corrected chi connectivity index (χ3v) is 6.06. The van der Waals surface area contributed by atoms with Crippen LogP contribution in [0.25, 0.3) is 0 Å². The Kier molecular flexibility index (Phi) is 6.85. The van der Waals surface area contributed by atoms with Crippen LogP contribution in [0.4, 0.5) is 0 Å². The Morgan fingerprint density at radius 3 is 2.39 bits per heavy atom. The van der Waals surface area contributed by atoms with E-state index >= 15 is 0 Å². The molecular formula is C25H29N3O5. The van der Waals surface area contributed by atoms with E-state index < -0.39 is 23.9 Å². The van der Waals surface area contributed by atoms with Crippen LogP contribution in [-0.4, -0.2) is 41.3 Å². The van der Waals surface area contributed by atoms with E-state index in [2.05, 4.69) is 10.5 Å². The molecule has 1 N–H and O–H groups in total. The SMILES string of the molecule is CC1(C)O[C@@H](C(=O)NCc2ccc(CN=O)cc2)[C@H](C(=O)N2CCC[C@@H]2c2ccccc2)O1. The standard InChI is InChI=1S/C25H29N3O5/c1-25(2)32-21(23(29)26-15-17-10-12-18(13-11-17)16-27-31)22(33-25)24(30)28-14-6-9-20(28)19-7-4-3-5-8-19/h3-5,7-8,10-13,20-22H,6,9,14-16H2,1-2H3,(H,26,29)/t20-,21-,22-/m1/s1. The highest BCUT2D eigenvalue weighted by Gasteiger charge is 2.51. The van der Waals surface area contributed by atoms with Crippen LogP contribution in [0.3, 0.4) is 0 Å². The van der Waals surface area contributed by atoms with Crippen molar-refractivity contribution in [2.45, 2.75) is 63.8 Å². The summed E-state index contributed by atoms with van der Waals surface area (Å²) in [6, 6.07) is 17.1. The van der Waals surface area contributed by atoms with Crippen molar-refractivity contribution in [3.8, 4) is 0 Å². The van der Waals surface area contributed by atoms with Crippen LogP contribution >= 0.6 is 0 Å². The summed E-state index contributed by atoms with van der Waals surface area (Å²) < 4.78 is 11.8. The number of carbonyl (C=O) groups excluding carboxylic acids is 2. The minimum atomic E-state index is -1.05. The predicted octanol–water partition coefficient (Wildman–Crippen LogP) is 3.45. The quantitative estimate of drug-likeness (QED) is 0.651. The highest BCUT2D eigenvalue weighted by molar-refractivity contribution is 5.92. The molecule has 0 unspecified atom stereocenters. The Labute approximate surface area is 193 Å². The Morgan fingerprint density at radius 1 is 1.03 bits per heavy atom. The van der Waals surface area contributed by atoms with E-state index in [0.29, 0.717) is 6.54 Å². The van der Waals surface area contributed by atoms with Crippen LogP contribution in [0.5, 0.6) is 0 Å². The fraction of sp³-hybridized carbons (Fsp3) is 0.440. The molecule has 2 saturated heterocycles. The van der Waals surface area contributed by atoms with Crippen molar-refractivity contribution >= 4 is 11.8 Å². The Morgan fingerprint density at radius 2 is 1.70 bits per heavy atom. The summed E-state index contributed by atoms with van der Waals surface area (Å²) in [5, 5.41) is 5.72. The van der Waals surface area contributed by atoms with Crippen molar-refractivity contribution in [1.29, 1.82) is 0 Å². The maximum Gasteiger partial charge on any atom is 0.255 e. The Hall–Kier alpha value is -3.10. The van der Waals surface area contributed by atoms with Crippen LogP contribution < -0.4 is 5.32 Å². The zero-order chi connectivity index (χ0) is 23.4. The third kappa shape index (κ3) is 5.29. The molecule has 174 valence electrons. The third-order valence-electron chi connectivity index (χ3n) is 6.06. The van der Waals surface area contributed by atoms with Crippen molar-refractivity contribution in [2.75, 3.05) is 6.54 Å². The van der Waals surface area contributed by atoms with E-state index in [0.717, 1.165) is 29.5 Å². The van der Waals surface area contributed by atoms with Gasteiger partial charge in [-0.3, -0.25) is 9.59 Å². The Bertz CT molecular complexity index is 993. The molecule has 0 saturated carbocycles. The molecule has 3 atom stereocenters. The van der Waals surface area contributed by atoms with E-state index in [1.54, 1.807) is 26.0 Å². The van der Waals surface area contributed by atoms with Crippen molar-refractivity contribution in [2.24, 2.45) is 5.18 Å². The molecule has 8 heteroatoms. The first-order valence-electron chi connectivity index (χ1n) is 11.2. The number of benzene rings is 2. The number of hydrogen-bond donors (Lipinski definition) is 1. The summed E-state index contributed by atoms with van der Waals surface area (Å²) in [5.41, 5.74) is 2.75. The second-order valence-electron chi connectivity index (χ2n) is 8.90. The van der Waals surface area contributed by atoms with Crippen LogP contribution in [-0.2, 0) is 32.2 Å². The monoisotopic (exact) mass is 451 g/mol. The fourth-order valence-electron chi connectivity index (χ4n) is 4.48. The molecule has 0 spiro atoms. The predicted molar refractivity (Wildman–Crippen MR) is 122 cm³/mol. The van der Waals surface area contributed by atoms with Gasteiger partial charge in [-0.2, -0.15) is 4.91 Å². The van der Waals surface area contributed by atoms with E-state index in [1.165, 1.54) is 0 Å². The van der Waals surface area contributed by atoms with Gasteiger partial charge in [-0.05, 0) is 43.4 Å². The minimum Gasteiger partial charge on any atom is -0.350 e. The van der Waals surface area contributed by atoms with E-state index in [4.69, 9.17) is 9.47 Å². The fourth-order valence-corrected chi connectivity index (χ4v) is 4.48. The molecule has 2 heterocycles. The number of nitrogens with zero attached hydrogens (tertiary/aromatic N) is 2. The second-order valence-corrected chi connectivity index (χ2v) is 8.90. The highest BCUT2D eigenvalue weighted by Crippen LogP contribution is 2.36. The van der Waals surface area contributed by atoms with Crippen molar-refractivity contribution in [3.05, 3.63) is 76.2 Å². The van der Waals surface area contributed by atoms with Gasteiger partial charge in [-0.25, -0.2) is 0 Å². The van der Waals surface area contributed by atoms with Gasteiger partial charge >= 0.3 is 0 Å². The van der Waals surface area contributed by atoms with Gasteiger partial charge in [-0.1, -0.05) is 59.8 Å². The lowest BCUT2D eigenvalue weighted by Gasteiger charge is -2.28. The molecular weight excluding hydrogens is 422 g/mol. The van der Waals surface area contributed by atoms with Crippen LogP contribution in [0.15, 0.2) is 59.8 Å². The summed E-state index contributed by atoms with van der Waals surface area (Å²) in [5.74, 6) is -1.67. The topological polar surface area (TPSA) is 97.3 Å². The van der Waals surface area contributed by atoms with Crippen molar-refractivity contribution in [3.63, 3.8) is 0 Å². The lowest BCUT2D eigenvalue weighted by molar-refractivity contribution is -0.163. The molecule has 2 aliphatic rings. The van der Waals surface area contributed by atoms with Gasteiger partial charge in [0.15, 0.2) is 18.0 Å². The number of nitroso groups, excluding NO2 is 1. The second kappa shape index (κ2) is 9.80. The summed E-state index contributed by atoms with van der Waals surface area (Å²) in [6.45, 7) is 4.41. The average Bonchev–Trinajstić information content (AvgIpc) is 3.43. The summed E-state index contributed by atoms with van der Waals surface area (Å²) in [6.07, 6.45) is -0.276. The Balaban J connectivity index is 1.44. The van der Waals surface area contributed by atoms with Gasteiger partial charge in [-0.15, -0.1) is 0 Å². The number of rotatable bonds is 7. The molecule has 2 amide bonds. The zero-order valence-corrected chi connectivity index (χ0v) is 18.9. The number of amides is 2. The van der Waals surface area contributed by atoms with Gasteiger partial charge in [0.25, 0.3) is 11.8 Å². The summed E-state index contributed by atoms with van der Waals surface area (Å²) >= 11 is 0. The molecule has 0 aliphatic carbocycles. The average molecular weight is 452 g/mol. The molecule has 4 rings (SSSR count). The molecule has 2 aromatic carbocycles. The summed E-state index contributed by atoms with van der Waals surface area (Å²) in [7, 11) is 0. The van der Waals surface area contributed by atoms with Gasteiger partial charge in [0, 0.05) is 13.1 Å². The largest absolute Gasteiger partial charge is 0.350 e. The maximum atomic E-state index is 13.5. The van der Waals surface area contributed by atoms with E-state index in [-0.39, 0.29) is 25.0 Å². The first-order valence-corrected chi connectivity index (χ1v) is 11.2. The lowest BCUT2D eigenvalue weighted by atomic mass is 10.0. The van der Waals surface area contributed by atoms with E-state index in [1.807, 2.05) is 47.4 Å². The molecule has 0 radical (unpaired) electrons. The van der Waals surface area contributed by atoms with Crippen molar-refractivity contribution < 1.29 is 19.1 Å². The van der Waals surface area contributed by atoms with Gasteiger partial charge in [0.2, 0.25) is 0 Å². The molecule has 2 aliphatic heterocycles. The normalized spacial score (nSPS) is 23.9. The van der Waals surface area contributed by atoms with E-state index in [9.17, 15) is 14.5 Å². The van der Waals surface area contributed by atoms with Gasteiger partial charge < -0.3 is 19.7 Å². The molecule has 8 nitrogen and oxygen atoms in total. The molecule has 0 bridgehead atoms. The number of likely N-dealkylation sites (tertiary alicyclic amines) is 1. The smallest absolute Gasteiger partial charge is 0.255 e. The lowest BCUT2D eigenvalue weighted by Crippen LogP contribution is -2.49. The van der Waals surface area contributed by atoms with Crippen LogP contribution in [0.1, 0.15) is 49.4 Å². The van der Waals surface area contributed by atoms with Crippen LogP contribution in [0.2, 0.25) is 0 Å². The molecule has 33 heavy (non-hydrogen) atoms. The zero-order valence-electron chi connectivity index (χ0n) is 18.9. The molecule has 2 fully saturated rings. The maximum absolute atomic E-state index is 13.5. The first-order chi connectivity index (χ1) is 15.9. The number of nitrogens with one attached hydrogen (secondary N) is 1. The number of carbonyl (C=O) groups is 2. The first kappa shape index (κ1) is 23.1. The van der Waals surface area contributed by atoms with Gasteiger partial charge in [0.05, 0.1) is 6.04 Å². The number of ether oxygens (including phenoxy) is 2. The number of hydrogen-bond acceptors (Lipinski definition) is 6. The van der Waals surface area contributed by atoms with Gasteiger partial charge in [0.1, 0.15) is 6.54 Å². The minimum absolute atomic E-state index is 0.0332. The molecule has 2 aromatic rings. The molecule has 0 aromatic heterocycles. The highest BCUT2D eigenvalue weighted by atomic mass is 16.8. The summed E-state index contributed by atoms with van der Waals surface area (Å²) in [4.78, 5) is 38.7. The van der Waals surface area contributed by atoms with Crippen molar-refractivity contribution in [1.82, 2.24) is 10.2 Å². The van der Waals surface area contributed by atoms with Crippen LogP contribution in [0, 0.1) is 4.91 Å².